The van der Waals surface area contributed by atoms with Crippen molar-refractivity contribution < 1.29 is 9.53 Å². The predicted molar refractivity (Wildman–Crippen MR) is 99.2 cm³/mol. The van der Waals surface area contributed by atoms with Gasteiger partial charge in [0.15, 0.2) is 5.56 Å². The third-order valence-electron chi connectivity index (χ3n) is 4.38. The number of carbonyl (C=O) groups is 1. The quantitative estimate of drug-likeness (QED) is 0.650. The Morgan fingerprint density at radius 1 is 1.42 bits per heavy atom. The molecule has 0 unspecified atom stereocenters. The molecule has 1 aromatic carbocycles. The third kappa shape index (κ3) is 3.65. The molecule has 26 heavy (non-hydrogen) atoms. The standard InChI is InChI=1S/C19H19ClN4O2/c1-11-23-15-5-2-12(8-16(15)24-11)9-22-19(25)14-10-21-7-6-17(14)26-18(20)13-3-4-13/h2,5-8,10,13,18H,3-4,9H2,1H3,(H,22,25)(H,23,24)/t18-/m1/s1. The molecule has 1 aliphatic rings. The van der Waals surface area contributed by atoms with E-state index in [1.165, 1.54) is 6.20 Å². The summed E-state index contributed by atoms with van der Waals surface area (Å²) in [6.07, 6.45) is 5.23. The normalized spacial score (nSPS) is 15.0. The predicted octanol–water partition coefficient (Wildman–Crippen LogP) is 3.55. The molecule has 0 bridgehead atoms. The summed E-state index contributed by atoms with van der Waals surface area (Å²) in [6.45, 7) is 2.31. The zero-order valence-corrected chi connectivity index (χ0v) is 15.1. The minimum atomic E-state index is -0.407. The van der Waals surface area contributed by atoms with E-state index < -0.39 is 5.56 Å². The van der Waals surface area contributed by atoms with Gasteiger partial charge in [0.05, 0.1) is 16.6 Å². The van der Waals surface area contributed by atoms with E-state index in [0.717, 1.165) is 35.3 Å². The van der Waals surface area contributed by atoms with Gasteiger partial charge in [-0.2, -0.15) is 0 Å². The molecule has 1 amide bonds. The Kier molecular flexibility index (Phi) is 4.51. The number of rotatable bonds is 6. The highest BCUT2D eigenvalue weighted by Crippen LogP contribution is 2.37. The fourth-order valence-electron chi connectivity index (χ4n) is 2.80. The molecule has 0 aliphatic heterocycles. The van der Waals surface area contributed by atoms with Gasteiger partial charge in [-0.1, -0.05) is 17.7 Å². The van der Waals surface area contributed by atoms with Gasteiger partial charge >= 0.3 is 0 Å². The Labute approximate surface area is 155 Å². The summed E-state index contributed by atoms with van der Waals surface area (Å²) in [6, 6.07) is 7.54. The lowest BCUT2D eigenvalue weighted by Crippen LogP contribution is -2.24. The van der Waals surface area contributed by atoms with E-state index in [9.17, 15) is 4.79 Å². The van der Waals surface area contributed by atoms with Crippen molar-refractivity contribution >= 4 is 28.5 Å². The van der Waals surface area contributed by atoms with Crippen LogP contribution in [-0.4, -0.2) is 26.4 Å². The number of fused-ring (bicyclic) bond motifs is 1. The first kappa shape index (κ1) is 16.8. The number of hydrogen-bond donors (Lipinski definition) is 2. The van der Waals surface area contributed by atoms with Gasteiger partial charge < -0.3 is 15.0 Å². The van der Waals surface area contributed by atoms with Crippen LogP contribution in [0.25, 0.3) is 11.0 Å². The van der Waals surface area contributed by atoms with Crippen LogP contribution in [-0.2, 0) is 6.54 Å². The maximum absolute atomic E-state index is 12.6. The van der Waals surface area contributed by atoms with Crippen molar-refractivity contribution in [3.63, 3.8) is 0 Å². The minimum Gasteiger partial charge on any atom is -0.473 e. The summed E-state index contributed by atoms with van der Waals surface area (Å²) in [4.78, 5) is 24.2. The Morgan fingerprint density at radius 3 is 3.08 bits per heavy atom. The number of nitrogens with one attached hydrogen (secondary N) is 2. The van der Waals surface area contributed by atoms with Gasteiger partial charge in [-0.15, -0.1) is 0 Å². The Bertz CT molecular complexity index is 952. The van der Waals surface area contributed by atoms with Gasteiger partial charge in [0, 0.05) is 24.9 Å². The summed E-state index contributed by atoms with van der Waals surface area (Å²) in [5, 5.41) is 2.91. The number of aromatic nitrogens is 3. The smallest absolute Gasteiger partial charge is 0.256 e. The lowest BCUT2D eigenvalue weighted by atomic mass is 10.2. The van der Waals surface area contributed by atoms with E-state index in [4.69, 9.17) is 16.3 Å². The number of halogens is 1. The lowest BCUT2D eigenvalue weighted by molar-refractivity contribution is 0.0945. The summed E-state index contributed by atoms with van der Waals surface area (Å²) in [5.41, 5.74) is 2.82. The van der Waals surface area contributed by atoms with Crippen LogP contribution in [0.15, 0.2) is 36.7 Å². The van der Waals surface area contributed by atoms with Gasteiger partial charge in [0.25, 0.3) is 5.91 Å². The van der Waals surface area contributed by atoms with Crippen LogP contribution < -0.4 is 10.1 Å². The van der Waals surface area contributed by atoms with Gasteiger partial charge in [0.2, 0.25) is 0 Å². The second kappa shape index (κ2) is 6.96. The van der Waals surface area contributed by atoms with Crippen LogP contribution in [0.1, 0.15) is 34.6 Å². The minimum absolute atomic E-state index is 0.242. The van der Waals surface area contributed by atoms with Crippen molar-refractivity contribution in [2.75, 3.05) is 0 Å². The number of hydrogen-bond acceptors (Lipinski definition) is 4. The van der Waals surface area contributed by atoms with Crippen LogP contribution in [0.4, 0.5) is 0 Å². The molecule has 6 nitrogen and oxygen atoms in total. The fraction of sp³-hybridized carbons (Fsp3) is 0.316. The molecule has 2 N–H and O–H groups in total. The van der Waals surface area contributed by atoms with Crippen molar-refractivity contribution in [2.24, 2.45) is 5.92 Å². The molecule has 1 saturated carbocycles. The van der Waals surface area contributed by atoms with Gasteiger partial charge in [-0.3, -0.25) is 9.78 Å². The highest BCUT2D eigenvalue weighted by molar-refractivity contribution is 6.20. The number of pyridine rings is 1. The number of nitrogens with zero attached hydrogens (tertiary/aromatic N) is 2. The van der Waals surface area contributed by atoms with E-state index in [2.05, 4.69) is 20.3 Å². The lowest BCUT2D eigenvalue weighted by Gasteiger charge is -2.15. The monoisotopic (exact) mass is 370 g/mol. The molecule has 134 valence electrons. The molecule has 0 spiro atoms. The summed E-state index contributed by atoms with van der Waals surface area (Å²) < 4.78 is 5.75. The fourth-order valence-corrected chi connectivity index (χ4v) is 3.15. The van der Waals surface area contributed by atoms with Gasteiger partial charge in [-0.05, 0) is 43.5 Å². The molecule has 1 atom stereocenters. The second-order valence-electron chi connectivity index (χ2n) is 6.53. The molecule has 0 radical (unpaired) electrons. The van der Waals surface area contributed by atoms with E-state index in [1.807, 2.05) is 25.1 Å². The van der Waals surface area contributed by atoms with Gasteiger partial charge in [0.1, 0.15) is 11.6 Å². The highest BCUT2D eigenvalue weighted by atomic mass is 35.5. The molecule has 1 fully saturated rings. The van der Waals surface area contributed by atoms with Crippen molar-refractivity contribution in [1.29, 1.82) is 0 Å². The molecule has 3 aromatic rings. The largest absolute Gasteiger partial charge is 0.473 e. The van der Waals surface area contributed by atoms with Crippen LogP contribution in [0, 0.1) is 12.8 Å². The highest BCUT2D eigenvalue weighted by Gasteiger charge is 2.32. The van der Waals surface area contributed by atoms with Crippen LogP contribution in [0.2, 0.25) is 0 Å². The van der Waals surface area contributed by atoms with Crippen LogP contribution >= 0.6 is 11.6 Å². The Balaban J connectivity index is 1.45. The SMILES string of the molecule is Cc1nc2ccc(CNC(=O)c3cnccc3O[C@@H](Cl)C3CC3)cc2[nH]1. The average molecular weight is 371 g/mol. The molecule has 2 aromatic heterocycles. The van der Waals surface area contributed by atoms with E-state index in [1.54, 1.807) is 12.3 Å². The molecular formula is C19H19ClN4O2. The van der Waals surface area contributed by atoms with E-state index in [-0.39, 0.29) is 5.91 Å². The number of ether oxygens (including phenoxy) is 1. The Hall–Kier alpha value is -2.60. The van der Waals surface area contributed by atoms with Gasteiger partial charge in [-0.25, -0.2) is 4.98 Å². The average Bonchev–Trinajstić information content (AvgIpc) is 3.41. The van der Waals surface area contributed by atoms with E-state index in [0.29, 0.717) is 23.8 Å². The number of benzene rings is 1. The van der Waals surface area contributed by atoms with Crippen molar-refractivity contribution in [3.05, 3.63) is 53.6 Å². The number of aromatic amines is 1. The summed E-state index contributed by atoms with van der Waals surface area (Å²) in [7, 11) is 0. The maximum Gasteiger partial charge on any atom is 0.256 e. The van der Waals surface area contributed by atoms with Crippen molar-refractivity contribution in [3.8, 4) is 5.75 Å². The topological polar surface area (TPSA) is 79.9 Å². The first-order valence-electron chi connectivity index (χ1n) is 8.58. The third-order valence-corrected chi connectivity index (χ3v) is 4.82. The molecule has 1 aliphatic carbocycles. The maximum atomic E-state index is 12.6. The summed E-state index contributed by atoms with van der Waals surface area (Å²) in [5.74, 6) is 1.45. The molecule has 4 rings (SSSR count). The second-order valence-corrected chi connectivity index (χ2v) is 6.96. The number of aryl methyl sites for hydroxylation is 1. The molecular weight excluding hydrogens is 352 g/mol. The first-order chi connectivity index (χ1) is 12.6. The number of carbonyl (C=O) groups excluding carboxylic acids is 1. The zero-order chi connectivity index (χ0) is 18.1. The van der Waals surface area contributed by atoms with E-state index >= 15 is 0 Å². The molecule has 0 saturated heterocycles. The van der Waals surface area contributed by atoms with Crippen LogP contribution in [0.5, 0.6) is 5.75 Å². The number of amides is 1. The van der Waals surface area contributed by atoms with Crippen molar-refractivity contribution in [1.82, 2.24) is 20.3 Å². The molecule has 2 heterocycles. The summed E-state index contributed by atoms with van der Waals surface area (Å²) >= 11 is 6.24. The number of H-pyrrole nitrogens is 1. The van der Waals surface area contributed by atoms with Crippen LogP contribution in [0.3, 0.4) is 0 Å². The van der Waals surface area contributed by atoms with Crippen molar-refractivity contribution in [2.45, 2.75) is 31.9 Å². The Morgan fingerprint density at radius 2 is 2.27 bits per heavy atom. The number of imidazole rings is 1. The number of alkyl halides is 1. The molecule has 7 heteroatoms. The zero-order valence-electron chi connectivity index (χ0n) is 14.3. The first-order valence-corrected chi connectivity index (χ1v) is 9.02.